The van der Waals surface area contributed by atoms with Gasteiger partial charge in [-0.15, -0.1) is 0 Å². The van der Waals surface area contributed by atoms with E-state index in [9.17, 15) is 9.18 Å². The van der Waals surface area contributed by atoms with Gasteiger partial charge in [-0.3, -0.25) is 4.79 Å². The normalized spacial score (nSPS) is 10.6. The van der Waals surface area contributed by atoms with Crippen LogP contribution in [0.1, 0.15) is 15.9 Å². The number of likely N-dealkylation sites (N-methyl/N-ethyl adjacent to an activating group) is 1. The number of anilines is 2. The molecule has 0 aromatic heterocycles. The van der Waals surface area contributed by atoms with Gasteiger partial charge in [0.2, 0.25) is 0 Å². The Balaban J connectivity index is 2.28. The van der Waals surface area contributed by atoms with Crippen LogP contribution < -0.4 is 15.8 Å². The van der Waals surface area contributed by atoms with Crippen LogP contribution in [0.4, 0.5) is 15.8 Å². The van der Waals surface area contributed by atoms with Gasteiger partial charge in [0.15, 0.2) is 0 Å². The van der Waals surface area contributed by atoms with Crippen molar-refractivity contribution in [2.45, 2.75) is 6.61 Å². The number of carbonyl (C=O) groups is 1. The number of carbonyl (C=O) groups excluding carboxylic acids is 1. The maximum absolute atomic E-state index is 13.1. The van der Waals surface area contributed by atoms with Gasteiger partial charge in [-0.1, -0.05) is 12.1 Å². The van der Waals surface area contributed by atoms with E-state index >= 15 is 0 Å². The van der Waals surface area contributed by atoms with Gasteiger partial charge in [0.1, 0.15) is 23.9 Å². The minimum Gasteiger partial charge on any atom is -0.487 e. The molecule has 0 heterocycles. The van der Waals surface area contributed by atoms with Crippen molar-refractivity contribution in [2.24, 2.45) is 0 Å². The summed E-state index contributed by atoms with van der Waals surface area (Å²) in [6.45, 7) is 1.23. The van der Waals surface area contributed by atoms with E-state index in [1.54, 1.807) is 38.4 Å². The number of methoxy groups -OCH3 is 1. The first-order valence-corrected chi connectivity index (χ1v) is 8.86. The highest BCUT2D eigenvalue weighted by atomic mass is 19.1. The number of ether oxygens (including phenoxy) is 2. The summed E-state index contributed by atoms with van der Waals surface area (Å²) in [5, 5.41) is 12.2. The summed E-state index contributed by atoms with van der Waals surface area (Å²) in [7, 11) is 3.19. The van der Waals surface area contributed by atoms with Crippen LogP contribution in [0.5, 0.6) is 5.75 Å². The van der Waals surface area contributed by atoms with Crippen LogP contribution in [0.25, 0.3) is 0 Å². The van der Waals surface area contributed by atoms with Gasteiger partial charge in [-0.05, 0) is 29.8 Å². The van der Waals surface area contributed by atoms with E-state index in [1.165, 1.54) is 17.0 Å². The number of nitrogens with zero attached hydrogens (tertiary/aromatic N) is 1. The van der Waals surface area contributed by atoms with Crippen molar-refractivity contribution in [3.63, 3.8) is 0 Å². The zero-order chi connectivity index (χ0) is 20.5. The summed E-state index contributed by atoms with van der Waals surface area (Å²) < 4.78 is 24.0. The van der Waals surface area contributed by atoms with E-state index in [2.05, 4.69) is 5.32 Å². The summed E-state index contributed by atoms with van der Waals surface area (Å²) in [6.07, 6.45) is 0. The lowest BCUT2D eigenvalue weighted by atomic mass is 10.1. The number of nitrogens with two attached hydrogens (primary N) is 1. The predicted molar refractivity (Wildman–Crippen MR) is 106 cm³/mol. The fraction of sp³-hybridized carbons (Fsp3) is 0.350. The number of nitrogen functional groups attached to an aromatic ring is 1. The molecule has 7 nitrogen and oxygen atoms in total. The number of hydrogen-bond acceptors (Lipinski definition) is 6. The molecule has 8 heteroatoms. The van der Waals surface area contributed by atoms with Crippen LogP contribution in [-0.4, -0.2) is 56.4 Å². The Morgan fingerprint density at radius 2 is 2.00 bits per heavy atom. The molecule has 0 spiro atoms. The Labute approximate surface area is 163 Å². The summed E-state index contributed by atoms with van der Waals surface area (Å²) in [6, 6.07) is 9.13. The third-order valence-electron chi connectivity index (χ3n) is 4.08. The van der Waals surface area contributed by atoms with Crippen molar-refractivity contribution in [3.8, 4) is 5.75 Å². The van der Waals surface area contributed by atoms with Crippen molar-refractivity contribution in [1.29, 1.82) is 0 Å². The molecule has 2 rings (SSSR count). The second-order valence-corrected chi connectivity index (χ2v) is 6.22. The molecule has 4 N–H and O–H groups in total. The largest absolute Gasteiger partial charge is 0.487 e. The van der Waals surface area contributed by atoms with Gasteiger partial charge in [-0.2, -0.15) is 0 Å². The summed E-state index contributed by atoms with van der Waals surface area (Å²) in [4.78, 5) is 13.9. The number of nitrogens with one attached hydrogen (secondary N) is 1. The molecule has 0 saturated heterocycles. The van der Waals surface area contributed by atoms with E-state index in [1.807, 2.05) is 0 Å². The zero-order valence-corrected chi connectivity index (χ0v) is 16.1. The summed E-state index contributed by atoms with van der Waals surface area (Å²) in [5.74, 6) is -0.202. The van der Waals surface area contributed by atoms with Crippen LogP contribution in [-0.2, 0) is 11.3 Å². The third kappa shape index (κ3) is 5.83. The Hall–Kier alpha value is -2.84. The van der Waals surface area contributed by atoms with Gasteiger partial charge in [-0.25, -0.2) is 4.39 Å². The molecule has 2 aromatic rings. The van der Waals surface area contributed by atoms with Crippen LogP contribution >= 0.6 is 0 Å². The molecule has 0 unspecified atom stereocenters. The zero-order valence-electron chi connectivity index (χ0n) is 16.1. The highest BCUT2D eigenvalue weighted by Crippen LogP contribution is 2.33. The van der Waals surface area contributed by atoms with Gasteiger partial charge >= 0.3 is 0 Å². The van der Waals surface area contributed by atoms with Crippen molar-refractivity contribution in [3.05, 3.63) is 53.3 Å². The maximum atomic E-state index is 13.1. The first kappa shape index (κ1) is 21.5. The second-order valence-electron chi connectivity index (χ2n) is 6.22. The quantitative estimate of drug-likeness (QED) is 0.424. The molecule has 28 heavy (non-hydrogen) atoms. The predicted octanol–water partition coefficient (Wildman–Crippen LogP) is 2.11. The fourth-order valence-electron chi connectivity index (χ4n) is 2.56. The molecule has 0 fully saturated rings. The lowest BCUT2D eigenvalue weighted by molar-refractivity contribution is 0.0766. The smallest absolute Gasteiger partial charge is 0.253 e. The van der Waals surface area contributed by atoms with E-state index < -0.39 is 0 Å². The number of halogens is 1. The molecule has 0 aliphatic rings. The number of amides is 1. The number of rotatable bonds is 10. The highest BCUT2D eigenvalue weighted by Gasteiger charge is 2.17. The fourth-order valence-corrected chi connectivity index (χ4v) is 2.56. The van der Waals surface area contributed by atoms with Crippen LogP contribution in [0.3, 0.4) is 0 Å². The summed E-state index contributed by atoms with van der Waals surface area (Å²) in [5.41, 5.74) is 8.19. The lowest BCUT2D eigenvalue weighted by Crippen LogP contribution is -2.29. The number of hydrogen-bond donors (Lipinski definition) is 3. The Morgan fingerprint density at radius 1 is 1.29 bits per heavy atom. The van der Waals surface area contributed by atoms with Gasteiger partial charge in [0.25, 0.3) is 5.91 Å². The Morgan fingerprint density at radius 3 is 2.64 bits per heavy atom. The van der Waals surface area contributed by atoms with E-state index in [0.29, 0.717) is 35.8 Å². The van der Waals surface area contributed by atoms with Crippen LogP contribution in [0.2, 0.25) is 0 Å². The third-order valence-corrected chi connectivity index (χ3v) is 4.08. The Kier molecular flexibility index (Phi) is 8.03. The average Bonchev–Trinajstić information content (AvgIpc) is 2.68. The number of benzene rings is 2. The monoisotopic (exact) mass is 391 g/mol. The molecule has 2 aromatic carbocycles. The molecular weight excluding hydrogens is 365 g/mol. The topological polar surface area (TPSA) is 97.0 Å². The molecule has 0 radical (unpaired) electrons. The number of aliphatic hydroxyl groups is 1. The highest BCUT2D eigenvalue weighted by molar-refractivity contribution is 5.97. The summed E-state index contributed by atoms with van der Waals surface area (Å²) >= 11 is 0. The standard InChI is InChI=1S/C20H26FN3O4/c1-24(8-9-25)20(26)15-11-17(22)19(23-7-10-27-2)18(12-15)28-13-14-3-5-16(21)6-4-14/h3-6,11-12,23,25H,7-10,13,22H2,1-2H3. The molecular formula is C20H26FN3O4. The molecule has 152 valence electrons. The van der Waals surface area contributed by atoms with Crippen molar-refractivity contribution >= 4 is 17.3 Å². The molecule has 0 aliphatic carbocycles. The molecule has 0 bridgehead atoms. The number of aliphatic hydroxyl groups excluding tert-OH is 1. The van der Waals surface area contributed by atoms with E-state index in [-0.39, 0.29) is 31.5 Å². The Bertz CT molecular complexity index is 784. The average molecular weight is 391 g/mol. The molecule has 0 aliphatic heterocycles. The maximum Gasteiger partial charge on any atom is 0.253 e. The van der Waals surface area contributed by atoms with Gasteiger partial charge < -0.3 is 30.5 Å². The molecule has 1 amide bonds. The van der Waals surface area contributed by atoms with E-state index in [0.717, 1.165) is 5.56 Å². The van der Waals surface area contributed by atoms with Crippen molar-refractivity contribution in [2.75, 3.05) is 51.5 Å². The molecule has 0 atom stereocenters. The SMILES string of the molecule is COCCNc1c(N)cc(C(=O)N(C)CCO)cc1OCc1ccc(F)cc1. The molecule has 0 saturated carbocycles. The lowest BCUT2D eigenvalue weighted by Gasteiger charge is -2.20. The second kappa shape index (κ2) is 10.5. The van der Waals surface area contributed by atoms with Crippen LogP contribution in [0, 0.1) is 5.82 Å². The van der Waals surface area contributed by atoms with Gasteiger partial charge in [0, 0.05) is 32.8 Å². The van der Waals surface area contributed by atoms with E-state index in [4.69, 9.17) is 20.3 Å². The minimum absolute atomic E-state index is 0.137. The van der Waals surface area contributed by atoms with Gasteiger partial charge in [0.05, 0.1) is 18.9 Å². The first-order valence-electron chi connectivity index (χ1n) is 8.86. The van der Waals surface area contributed by atoms with Crippen LogP contribution in [0.15, 0.2) is 36.4 Å². The first-order chi connectivity index (χ1) is 13.5. The van der Waals surface area contributed by atoms with Crippen molar-refractivity contribution < 1.29 is 23.8 Å². The minimum atomic E-state index is -0.325. The van der Waals surface area contributed by atoms with Crippen molar-refractivity contribution in [1.82, 2.24) is 4.90 Å².